The highest BCUT2D eigenvalue weighted by atomic mass is 35.5. The number of nitrogens with one attached hydrogen (secondary N) is 2. The van der Waals surface area contributed by atoms with Gasteiger partial charge in [0.2, 0.25) is 0 Å². The van der Waals surface area contributed by atoms with Gasteiger partial charge in [-0.3, -0.25) is 9.98 Å². The molecular formula is C27H34ClN5O3. The Balaban J connectivity index is 1.58. The molecule has 1 aliphatic rings. The summed E-state index contributed by atoms with van der Waals surface area (Å²) >= 11 is 6.42. The number of fused-ring (bicyclic) bond motifs is 1. The number of halogens is 1. The number of likely N-dealkylation sites (tertiary alicyclic amines) is 1. The Kier molecular flexibility index (Phi) is 8.85. The van der Waals surface area contributed by atoms with Crippen molar-refractivity contribution in [2.24, 2.45) is 10.9 Å². The number of aliphatic hydroxyl groups is 1. The molecule has 2 heterocycles. The number of methoxy groups -OCH3 is 1. The first-order valence-electron chi connectivity index (χ1n) is 12.2. The molecule has 9 heteroatoms. The lowest BCUT2D eigenvalue weighted by molar-refractivity contribution is 0.157. The van der Waals surface area contributed by atoms with E-state index < -0.39 is 0 Å². The van der Waals surface area contributed by atoms with Crippen molar-refractivity contribution in [2.45, 2.75) is 19.8 Å². The van der Waals surface area contributed by atoms with E-state index in [9.17, 15) is 5.11 Å². The van der Waals surface area contributed by atoms with Crippen LogP contribution in [0.15, 0.2) is 47.6 Å². The lowest BCUT2D eigenvalue weighted by atomic mass is 9.98. The first-order chi connectivity index (χ1) is 17.5. The van der Waals surface area contributed by atoms with Crippen molar-refractivity contribution >= 4 is 39.8 Å². The van der Waals surface area contributed by atoms with Crippen LogP contribution in [0.1, 0.15) is 18.4 Å². The van der Waals surface area contributed by atoms with Crippen LogP contribution < -0.4 is 20.1 Å². The Morgan fingerprint density at radius 2 is 2.00 bits per heavy atom. The molecule has 8 nitrogen and oxygen atoms in total. The normalized spacial score (nSPS) is 15.2. The van der Waals surface area contributed by atoms with Crippen LogP contribution in [-0.2, 0) is 0 Å². The second-order valence-corrected chi connectivity index (χ2v) is 9.48. The molecule has 192 valence electrons. The van der Waals surface area contributed by atoms with Crippen molar-refractivity contribution in [3.8, 4) is 11.5 Å². The third-order valence-corrected chi connectivity index (χ3v) is 6.74. The molecule has 0 aliphatic carbocycles. The van der Waals surface area contributed by atoms with E-state index in [4.69, 9.17) is 21.1 Å². The number of ether oxygens (including phenoxy) is 2. The molecule has 2 aromatic carbocycles. The van der Waals surface area contributed by atoms with Gasteiger partial charge in [0.25, 0.3) is 0 Å². The molecule has 3 aromatic rings. The van der Waals surface area contributed by atoms with Gasteiger partial charge >= 0.3 is 0 Å². The fraction of sp³-hybridized carbons (Fsp3) is 0.407. The quantitative estimate of drug-likeness (QED) is 0.295. The molecule has 0 saturated carbocycles. The van der Waals surface area contributed by atoms with Crippen molar-refractivity contribution in [3.63, 3.8) is 0 Å². The summed E-state index contributed by atoms with van der Waals surface area (Å²) in [6.07, 6.45) is 4.00. The van der Waals surface area contributed by atoms with Gasteiger partial charge in [0.05, 0.1) is 48.8 Å². The number of rotatable bonds is 8. The van der Waals surface area contributed by atoms with Gasteiger partial charge in [-0.25, -0.2) is 0 Å². The summed E-state index contributed by atoms with van der Waals surface area (Å²) in [6, 6.07) is 11.4. The van der Waals surface area contributed by atoms with Crippen LogP contribution in [0.4, 0.5) is 11.4 Å². The zero-order chi connectivity index (χ0) is 25.5. The number of para-hydroxylation sites is 1. The fourth-order valence-electron chi connectivity index (χ4n) is 4.28. The predicted molar refractivity (Wildman–Crippen MR) is 147 cm³/mol. The molecule has 0 radical (unpaired) electrons. The zero-order valence-electron chi connectivity index (χ0n) is 21.1. The molecule has 0 atom stereocenters. The fourth-order valence-corrected chi connectivity index (χ4v) is 4.55. The summed E-state index contributed by atoms with van der Waals surface area (Å²) in [6.45, 7) is 4.99. The van der Waals surface area contributed by atoms with Gasteiger partial charge in [-0.2, -0.15) is 0 Å². The second kappa shape index (κ2) is 12.3. The molecule has 0 unspecified atom stereocenters. The second-order valence-electron chi connectivity index (χ2n) is 9.07. The largest absolute Gasteiger partial charge is 0.493 e. The SMILES string of the molecule is COc1cc2c(NC(=NCCO)Nc3c(C)cccc3Cl)ccnc2cc1OCC1CCN(C)CC1. The zero-order valence-corrected chi connectivity index (χ0v) is 21.8. The first-order valence-corrected chi connectivity index (χ1v) is 12.6. The number of guanidine groups is 1. The summed E-state index contributed by atoms with van der Waals surface area (Å²) in [4.78, 5) is 11.4. The number of aliphatic imine (C=N–C) groups is 1. The molecule has 1 aliphatic heterocycles. The van der Waals surface area contributed by atoms with E-state index in [1.54, 1.807) is 13.3 Å². The van der Waals surface area contributed by atoms with Gasteiger partial charge in [-0.05, 0) is 69.6 Å². The number of aromatic nitrogens is 1. The van der Waals surface area contributed by atoms with Crippen LogP contribution in [-0.4, -0.2) is 68.0 Å². The Hall–Kier alpha value is -3.07. The molecule has 1 aromatic heterocycles. The molecule has 0 spiro atoms. The Morgan fingerprint density at radius 3 is 2.72 bits per heavy atom. The summed E-state index contributed by atoms with van der Waals surface area (Å²) < 4.78 is 11.9. The molecule has 0 bridgehead atoms. The average Bonchev–Trinajstić information content (AvgIpc) is 2.88. The molecule has 1 fully saturated rings. The van der Waals surface area contributed by atoms with Crippen LogP contribution in [0.25, 0.3) is 10.9 Å². The predicted octanol–water partition coefficient (Wildman–Crippen LogP) is 4.80. The summed E-state index contributed by atoms with van der Waals surface area (Å²) in [7, 11) is 3.80. The standard InChI is InChI=1S/C27H34ClN5O3/c1-18-5-4-6-21(28)26(18)32-27(30-11-14-34)31-22-7-10-29-23-16-25(24(35-3)15-20(22)23)36-17-19-8-12-33(2)13-9-19/h4-7,10,15-16,19,34H,8-9,11-14,17H2,1-3H3,(H2,29,30,31,32). The minimum absolute atomic E-state index is 0.0722. The van der Waals surface area contributed by atoms with Gasteiger partial charge < -0.3 is 30.1 Å². The van der Waals surface area contributed by atoms with Gasteiger partial charge in [-0.1, -0.05) is 23.7 Å². The van der Waals surface area contributed by atoms with Crippen LogP contribution >= 0.6 is 11.6 Å². The van der Waals surface area contributed by atoms with Gasteiger partial charge in [0.15, 0.2) is 17.5 Å². The van der Waals surface area contributed by atoms with Crippen LogP contribution in [0.3, 0.4) is 0 Å². The molecule has 1 saturated heterocycles. The van der Waals surface area contributed by atoms with Crippen molar-refractivity contribution in [1.82, 2.24) is 9.88 Å². The van der Waals surface area contributed by atoms with E-state index >= 15 is 0 Å². The molecule has 36 heavy (non-hydrogen) atoms. The number of anilines is 2. The van der Waals surface area contributed by atoms with Crippen molar-refractivity contribution in [2.75, 3.05) is 57.6 Å². The van der Waals surface area contributed by atoms with E-state index in [0.717, 1.165) is 53.8 Å². The van der Waals surface area contributed by atoms with E-state index in [1.807, 2.05) is 43.3 Å². The highest BCUT2D eigenvalue weighted by molar-refractivity contribution is 6.34. The first kappa shape index (κ1) is 26.0. The third-order valence-electron chi connectivity index (χ3n) is 6.43. The third kappa shape index (κ3) is 6.37. The minimum Gasteiger partial charge on any atom is -0.493 e. The monoisotopic (exact) mass is 511 g/mol. The summed E-state index contributed by atoms with van der Waals surface area (Å²) in [5.74, 6) is 2.34. The number of nitrogens with zero attached hydrogens (tertiary/aromatic N) is 3. The maximum atomic E-state index is 9.35. The van der Waals surface area contributed by atoms with Crippen molar-refractivity contribution < 1.29 is 14.6 Å². The van der Waals surface area contributed by atoms with E-state index in [2.05, 4.69) is 32.6 Å². The summed E-state index contributed by atoms with van der Waals surface area (Å²) in [5.41, 5.74) is 3.29. The maximum Gasteiger partial charge on any atom is 0.200 e. The number of aryl methyl sites for hydroxylation is 1. The van der Waals surface area contributed by atoms with E-state index in [-0.39, 0.29) is 13.2 Å². The lowest BCUT2D eigenvalue weighted by Gasteiger charge is -2.28. The lowest BCUT2D eigenvalue weighted by Crippen LogP contribution is -2.32. The topological polar surface area (TPSA) is 91.2 Å². The Morgan fingerprint density at radius 1 is 1.19 bits per heavy atom. The molecular weight excluding hydrogens is 478 g/mol. The van der Waals surface area contributed by atoms with E-state index in [1.165, 1.54) is 0 Å². The van der Waals surface area contributed by atoms with Crippen molar-refractivity contribution in [3.05, 3.63) is 53.2 Å². The Bertz CT molecular complexity index is 1190. The van der Waals surface area contributed by atoms with Gasteiger partial charge in [0, 0.05) is 17.6 Å². The maximum absolute atomic E-state index is 9.35. The smallest absolute Gasteiger partial charge is 0.200 e. The minimum atomic E-state index is -0.0722. The number of benzene rings is 2. The van der Waals surface area contributed by atoms with Crippen LogP contribution in [0.5, 0.6) is 11.5 Å². The van der Waals surface area contributed by atoms with Gasteiger partial charge in [-0.15, -0.1) is 0 Å². The molecule has 4 rings (SSSR count). The number of piperidine rings is 1. The van der Waals surface area contributed by atoms with E-state index in [0.29, 0.717) is 35.0 Å². The van der Waals surface area contributed by atoms with Crippen LogP contribution in [0.2, 0.25) is 5.02 Å². The molecule has 3 N–H and O–H groups in total. The highest BCUT2D eigenvalue weighted by Crippen LogP contribution is 2.35. The number of hydrogen-bond acceptors (Lipinski definition) is 6. The number of aliphatic hydroxyl groups excluding tert-OH is 1. The van der Waals surface area contributed by atoms with Crippen molar-refractivity contribution in [1.29, 1.82) is 0 Å². The number of pyridine rings is 1. The van der Waals surface area contributed by atoms with Crippen LogP contribution in [0, 0.1) is 12.8 Å². The van der Waals surface area contributed by atoms with Gasteiger partial charge in [0.1, 0.15) is 0 Å². The number of hydrogen-bond donors (Lipinski definition) is 3. The highest BCUT2D eigenvalue weighted by Gasteiger charge is 2.19. The summed E-state index contributed by atoms with van der Waals surface area (Å²) in [5, 5.41) is 17.4. The molecule has 0 amide bonds. The average molecular weight is 512 g/mol. The Labute approximate surface area is 217 Å².